The summed E-state index contributed by atoms with van der Waals surface area (Å²) in [5.41, 5.74) is 3.06. The van der Waals surface area contributed by atoms with Crippen LogP contribution in [0.15, 0.2) is 42.5 Å². The van der Waals surface area contributed by atoms with Gasteiger partial charge in [0, 0.05) is 38.4 Å². The standard InChI is InChI=1S/C23H29N3O6S/c1-17-5-4-6-19(13-17)25-9-11-26(12-10-25)33(29,30)16-22(27)24-15-18-7-8-21(31-2)20(14-18)23(28)32-3/h4-8,13-14H,9-12,15-16H2,1-3H3,(H,24,27). The molecule has 1 aliphatic heterocycles. The van der Waals surface area contributed by atoms with Crippen molar-refractivity contribution in [1.29, 1.82) is 0 Å². The number of nitrogens with one attached hydrogen (secondary N) is 1. The van der Waals surface area contributed by atoms with Gasteiger partial charge in [-0.1, -0.05) is 18.2 Å². The predicted octanol–water partition coefficient (Wildman–Crippen LogP) is 1.56. The van der Waals surface area contributed by atoms with E-state index in [0.717, 1.165) is 11.3 Å². The number of methoxy groups -OCH3 is 2. The molecule has 2 aromatic rings. The van der Waals surface area contributed by atoms with Gasteiger partial charge < -0.3 is 19.7 Å². The first kappa shape index (κ1) is 24.5. The molecule has 33 heavy (non-hydrogen) atoms. The van der Waals surface area contributed by atoms with E-state index in [2.05, 4.69) is 16.3 Å². The van der Waals surface area contributed by atoms with E-state index in [9.17, 15) is 18.0 Å². The van der Waals surface area contributed by atoms with Crippen molar-refractivity contribution in [3.8, 4) is 5.75 Å². The van der Waals surface area contributed by atoms with Gasteiger partial charge in [0.25, 0.3) is 0 Å². The lowest BCUT2D eigenvalue weighted by molar-refractivity contribution is -0.118. The molecule has 0 spiro atoms. The minimum absolute atomic E-state index is 0.0729. The molecule has 10 heteroatoms. The average molecular weight is 476 g/mol. The quantitative estimate of drug-likeness (QED) is 0.578. The second-order valence-electron chi connectivity index (χ2n) is 7.78. The summed E-state index contributed by atoms with van der Waals surface area (Å²) in [6.45, 7) is 3.86. The van der Waals surface area contributed by atoms with E-state index >= 15 is 0 Å². The predicted molar refractivity (Wildman–Crippen MR) is 125 cm³/mol. The number of esters is 1. The second-order valence-corrected chi connectivity index (χ2v) is 9.75. The summed E-state index contributed by atoms with van der Waals surface area (Å²) in [5, 5.41) is 2.61. The zero-order valence-electron chi connectivity index (χ0n) is 19.0. The Morgan fingerprint density at radius 1 is 1.03 bits per heavy atom. The number of anilines is 1. The highest BCUT2D eigenvalue weighted by atomic mass is 32.2. The number of rotatable bonds is 8. The fraction of sp³-hybridized carbons (Fsp3) is 0.391. The van der Waals surface area contributed by atoms with Gasteiger partial charge in [0.1, 0.15) is 17.1 Å². The first-order chi connectivity index (χ1) is 15.7. The van der Waals surface area contributed by atoms with Crippen molar-refractivity contribution < 1.29 is 27.5 Å². The molecule has 1 saturated heterocycles. The number of hydrogen-bond donors (Lipinski definition) is 1. The smallest absolute Gasteiger partial charge is 0.341 e. The van der Waals surface area contributed by atoms with E-state index in [0.29, 0.717) is 37.5 Å². The summed E-state index contributed by atoms with van der Waals surface area (Å²) in [5.74, 6) is -1.44. The highest BCUT2D eigenvalue weighted by Gasteiger charge is 2.29. The molecule has 0 aliphatic carbocycles. The minimum atomic E-state index is -3.74. The van der Waals surface area contributed by atoms with Crippen LogP contribution in [0.4, 0.5) is 5.69 Å². The maximum absolute atomic E-state index is 12.7. The fourth-order valence-corrected chi connectivity index (χ4v) is 5.03. The van der Waals surface area contributed by atoms with Crippen molar-refractivity contribution in [2.45, 2.75) is 13.5 Å². The van der Waals surface area contributed by atoms with Gasteiger partial charge in [0.05, 0.1) is 14.2 Å². The molecule has 9 nitrogen and oxygen atoms in total. The van der Waals surface area contributed by atoms with Crippen LogP contribution >= 0.6 is 0 Å². The lowest BCUT2D eigenvalue weighted by atomic mass is 10.1. The van der Waals surface area contributed by atoms with Gasteiger partial charge in [0.15, 0.2) is 0 Å². The molecule has 0 aromatic heterocycles. The van der Waals surface area contributed by atoms with Crippen molar-refractivity contribution in [1.82, 2.24) is 9.62 Å². The number of carbonyl (C=O) groups is 2. The third-order valence-electron chi connectivity index (χ3n) is 5.47. The van der Waals surface area contributed by atoms with Crippen molar-refractivity contribution in [3.05, 3.63) is 59.2 Å². The Hall–Kier alpha value is -3.11. The van der Waals surface area contributed by atoms with Gasteiger partial charge in [-0.2, -0.15) is 4.31 Å². The zero-order chi connectivity index (χ0) is 24.0. The minimum Gasteiger partial charge on any atom is -0.496 e. The number of hydrogen-bond acceptors (Lipinski definition) is 7. The second kappa shape index (κ2) is 10.7. The molecule has 2 aromatic carbocycles. The lowest BCUT2D eigenvalue weighted by Crippen LogP contribution is -2.50. The Morgan fingerprint density at radius 2 is 1.76 bits per heavy atom. The van der Waals surface area contributed by atoms with Crippen LogP contribution in [0.2, 0.25) is 0 Å². The van der Waals surface area contributed by atoms with E-state index in [1.165, 1.54) is 18.5 Å². The molecule has 3 rings (SSSR count). The Balaban J connectivity index is 1.54. The summed E-state index contributed by atoms with van der Waals surface area (Å²) in [4.78, 5) is 26.4. The van der Waals surface area contributed by atoms with Crippen molar-refractivity contribution in [2.75, 3.05) is 51.1 Å². The monoisotopic (exact) mass is 475 g/mol. The number of sulfonamides is 1. The molecule has 1 amide bonds. The van der Waals surface area contributed by atoms with Gasteiger partial charge in [-0.05, 0) is 42.3 Å². The van der Waals surface area contributed by atoms with E-state index < -0.39 is 27.7 Å². The van der Waals surface area contributed by atoms with Gasteiger partial charge in [-0.3, -0.25) is 4.79 Å². The Bertz CT molecular complexity index is 1110. The van der Waals surface area contributed by atoms with Crippen LogP contribution in [0.5, 0.6) is 5.75 Å². The lowest BCUT2D eigenvalue weighted by Gasteiger charge is -2.35. The maximum atomic E-state index is 12.7. The molecular formula is C23H29N3O6S. The van der Waals surface area contributed by atoms with Crippen molar-refractivity contribution in [2.24, 2.45) is 0 Å². The third-order valence-corrected chi connectivity index (χ3v) is 7.25. The summed E-state index contributed by atoms with van der Waals surface area (Å²) >= 11 is 0. The van der Waals surface area contributed by atoms with Crippen LogP contribution in [0.25, 0.3) is 0 Å². The van der Waals surface area contributed by atoms with E-state index in [4.69, 9.17) is 9.47 Å². The van der Waals surface area contributed by atoms with E-state index in [1.54, 1.807) is 18.2 Å². The van der Waals surface area contributed by atoms with Gasteiger partial charge in [0.2, 0.25) is 15.9 Å². The normalized spacial score (nSPS) is 14.6. The largest absolute Gasteiger partial charge is 0.496 e. The topological polar surface area (TPSA) is 105 Å². The molecule has 178 valence electrons. The highest BCUT2D eigenvalue weighted by molar-refractivity contribution is 7.89. The van der Waals surface area contributed by atoms with Crippen molar-refractivity contribution in [3.63, 3.8) is 0 Å². The summed E-state index contributed by atoms with van der Waals surface area (Å²) in [6, 6.07) is 12.9. The summed E-state index contributed by atoms with van der Waals surface area (Å²) in [6.07, 6.45) is 0. The van der Waals surface area contributed by atoms with Crippen LogP contribution in [-0.2, 0) is 26.1 Å². The highest BCUT2D eigenvalue weighted by Crippen LogP contribution is 2.21. The molecule has 1 fully saturated rings. The number of aryl methyl sites for hydroxylation is 1. The molecule has 0 unspecified atom stereocenters. The van der Waals surface area contributed by atoms with E-state index in [1.807, 2.05) is 25.1 Å². The number of benzene rings is 2. The van der Waals surface area contributed by atoms with Crippen molar-refractivity contribution >= 4 is 27.6 Å². The first-order valence-electron chi connectivity index (χ1n) is 10.5. The summed E-state index contributed by atoms with van der Waals surface area (Å²) < 4.78 is 36.7. The first-order valence-corrected chi connectivity index (χ1v) is 12.2. The zero-order valence-corrected chi connectivity index (χ0v) is 19.9. The number of nitrogens with zero attached hydrogens (tertiary/aromatic N) is 2. The number of carbonyl (C=O) groups excluding carboxylic acids is 2. The number of ether oxygens (including phenoxy) is 2. The number of amides is 1. The SMILES string of the molecule is COC(=O)c1cc(CNC(=O)CS(=O)(=O)N2CCN(c3cccc(C)c3)CC2)ccc1OC. The Kier molecular flexibility index (Phi) is 7.93. The average Bonchev–Trinajstić information content (AvgIpc) is 2.82. The van der Waals surface area contributed by atoms with Crippen LogP contribution < -0.4 is 15.0 Å². The Morgan fingerprint density at radius 3 is 2.39 bits per heavy atom. The molecule has 1 N–H and O–H groups in total. The van der Waals surface area contributed by atoms with Crippen LogP contribution in [0.3, 0.4) is 0 Å². The Labute approximate surface area is 194 Å². The number of piperazine rings is 1. The molecule has 0 atom stereocenters. The van der Waals surface area contributed by atoms with Gasteiger partial charge in [-0.25, -0.2) is 13.2 Å². The van der Waals surface area contributed by atoms with Crippen LogP contribution in [0, 0.1) is 6.92 Å². The third kappa shape index (κ3) is 6.23. The summed E-state index contributed by atoms with van der Waals surface area (Å²) in [7, 11) is -1.03. The molecule has 1 aliphatic rings. The molecule has 0 radical (unpaired) electrons. The molecule has 1 heterocycles. The maximum Gasteiger partial charge on any atom is 0.341 e. The molecular weight excluding hydrogens is 446 g/mol. The molecule has 0 bridgehead atoms. The van der Waals surface area contributed by atoms with Gasteiger partial charge in [-0.15, -0.1) is 0 Å². The van der Waals surface area contributed by atoms with Gasteiger partial charge >= 0.3 is 5.97 Å². The van der Waals surface area contributed by atoms with E-state index in [-0.39, 0.29) is 12.1 Å². The fourth-order valence-electron chi connectivity index (χ4n) is 3.69. The van der Waals surface area contributed by atoms with Crippen LogP contribution in [0.1, 0.15) is 21.5 Å². The van der Waals surface area contributed by atoms with Crippen LogP contribution in [-0.4, -0.2) is 70.8 Å². The molecule has 0 saturated carbocycles.